The molecule has 8 heteroatoms. The molecule has 3 bridgehead atoms. The van der Waals surface area contributed by atoms with E-state index in [0.29, 0.717) is 11.8 Å². The van der Waals surface area contributed by atoms with Crippen LogP contribution in [0.2, 0.25) is 0 Å². The number of halogens is 2. The van der Waals surface area contributed by atoms with Gasteiger partial charge in [-0.1, -0.05) is 0 Å². The average molecular weight is 444 g/mol. The van der Waals surface area contributed by atoms with E-state index < -0.39 is 31.1 Å². The summed E-state index contributed by atoms with van der Waals surface area (Å²) in [5, 5.41) is 0. The van der Waals surface area contributed by atoms with Gasteiger partial charge in [-0.25, -0.2) is 4.39 Å². The molecule has 4 aliphatic rings. The van der Waals surface area contributed by atoms with Crippen molar-refractivity contribution >= 4 is 38.7 Å². The van der Waals surface area contributed by atoms with Gasteiger partial charge in [-0.2, -0.15) is 8.42 Å². The van der Waals surface area contributed by atoms with Crippen LogP contribution in [0.15, 0.2) is 0 Å². The summed E-state index contributed by atoms with van der Waals surface area (Å²) >= 11 is 0.948. The van der Waals surface area contributed by atoms with Crippen LogP contribution >= 0.6 is 22.6 Å². The highest BCUT2D eigenvalue weighted by Crippen LogP contribution is 2.78. The predicted molar refractivity (Wildman–Crippen MR) is 83.5 cm³/mol. The molecule has 0 amide bonds. The van der Waals surface area contributed by atoms with Gasteiger partial charge in [0.25, 0.3) is 3.01 Å². The zero-order valence-electron chi connectivity index (χ0n) is 11.9. The molecular weight excluding hydrogens is 426 g/mol. The summed E-state index contributed by atoms with van der Waals surface area (Å²) < 4.78 is 47.5. The fourth-order valence-electron chi connectivity index (χ4n) is 5.99. The predicted octanol–water partition coefficient (Wildman–Crippen LogP) is 2.83. The molecule has 4 fully saturated rings. The Kier molecular flexibility index (Phi) is 3.08. The van der Waals surface area contributed by atoms with Crippen LogP contribution in [0.1, 0.15) is 44.9 Å². The average Bonchev–Trinajstić information content (AvgIpc) is 2.64. The third-order valence-electron chi connectivity index (χ3n) is 6.51. The molecule has 124 valence electrons. The van der Waals surface area contributed by atoms with E-state index in [2.05, 4.69) is 0 Å². The van der Waals surface area contributed by atoms with Crippen molar-refractivity contribution in [2.75, 3.05) is 0 Å². The Morgan fingerprint density at radius 3 is 2.64 bits per heavy atom. The van der Waals surface area contributed by atoms with Gasteiger partial charge in [0.1, 0.15) is 12.0 Å². The molecule has 0 heterocycles. The first-order valence-electron chi connectivity index (χ1n) is 7.64. The maximum Gasteiger partial charge on any atom is 0.311 e. The third-order valence-corrected chi connectivity index (χ3v) is 9.46. The topological polar surface area (TPSA) is 80.7 Å². The largest absolute Gasteiger partial charge is 0.458 e. The number of ether oxygens (including phenoxy) is 1. The minimum Gasteiger partial charge on any atom is -0.458 e. The highest BCUT2D eigenvalue weighted by molar-refractivity contribution is 14.1. The van der Waals surface area contributed by atoms with E-state index in [4.69, 9.17) is 9.29 Å². The third kappa shape index (κ3) is 1.89. The first-order chi connectivity index (χ1) is 10.1. The van der Waals surface area contributed by atoms with E-state index in [1.807, 2.05) is 0 Å². The lowest BCUT2D eigenvalue weighted by atomic mass is 9.52. The van der Waals surface area contributed by atoms with Gasteiger partial charge < -0.3 is 4.74 Å². The maximum absolute atomic E-state index is 14.0. The maximum atomic E-state index is 14.0. The van der Waals surface area contributed by atoms with Gasteiger partial charge in [0, 0.05) is 5.41 Å². The van der Waals surface area contributed by atoms with Gasteiger partial charge in [-0.05, 0) is 78.9 Å². The summed E-state index contributed by atoms with van der Waals surface area (Å²) in [6.07, 6.45) is 5.27. The number of alkyl halides is 2. The fourth-order valence-corrected chi connectivity index (χ4v) is 6.60. The molecule has 0 aromatic rings. The Morgan fingerprint density at radius 2 is 1.95 bits per heavy atom. The van der Waals surface area contributed by atoms with Crippen LogP contribution in [0.5, 0.6) is 0 Å². The molecule has 6 atom stereocenters. The van der Waals surface area contributed by atoms with Crippen LogP contribution in [0, 0.1) is 23.2 Å². The Bertz CT molecular complexity index is 644. The minimum atomic E-state index is -4.95. The number of hydrogen-bond donors (Lipinski definition) is 1. The van der Waals surface area contributed by atoms with Gasteiger partial charge in [0.05, 0.1) is 0 Å². The van der Waals surface area contributed by atoms with E-state index in [9.17, 15) is 17.6 Å². The van der Waals surface area contributed by atoms with Crippen molar-refractivity contribution in [1.82, 2.24) is 0 Å². The summed E-state index contributed by atoms with van der Waals surface area (Å²) in [5.41, 5.74) is -0.435. The second kappa shape index (κ2) is 4.36. The second-order valence-electron chi connectivity index (χ2n) is 7.63. The lowest BCUT2D eigenvalue weighted by Gasteiger charge is -2.57. The first kappa shape index (κ1) is 15.6. The molecule has 0 aromatic carbocycles. The van der Waals surface area contributed by atoms with E-state index in [0.717, 1.165) is 54.2 Å². The summed E-state index contributed by atoms with van der Waals surface area (Å²) in [6.45, 7) is 0. The SMILES string of the molecule is O=C(CC(F)(I)S(=O)(=O)O)O[C@@]12CC3CC4CC(C1)C2(C4)C3. The molecule has 1 N–H and O–H groups in total. The Labute approximate surface area is 142 Å². The number of carbonyl (C=O) groups excluding carboxylic acids is 1. The van der Waals surface area contributed by atoms with Crippen molar-refractivity contribution in [3.8, 4) is 0 Å². The Balaban J connectivity index is 1.52. The zero-order valence-corrected chi connectivity index (χ0v) is 14.9. The quantitative estimate of drug-likeness (QED) is 0.312. The van der Waals surface area contributed by atoms with Crippen LogP contribution in [0.3, 0.4) is 0 Å². The van der Waals surface area contributed by atoms with Crippen LogP contribution in [0.4, 0.5) is 4.39 Å². The van der Waals surface area contributed by atoms with E-state index in [-0.39, 0.29) is 5.41 Å². The van der Waals surface area contributed by atoms with Gasteiger partial charge in [0.15, 0.2) is 0 Å². The van der Waals surface area contributed by atoms with Crippen molar-refractivity contribution in [2.45, 2.75) is 53.6 Å². The molecular formula is C14H18FIO5S. The van der Waals surface area contributed by atoms with Gasteiger partial charge in [0.2, 0.25) is 0 Å². The van der Waals surface area contributed by atoms with Crippen molar-refractivity contribution in [3.63, 3.8) is 0 Å². The number of hydrogen-bond acceptors (Lipinski definition) is 4. The van der Waals surface area contributed by atoms with Crippen molar-refractivity contribution in [1.29, 1.82) is 0 Å². The summed E-state index contributed by atoms with van der Waals surface area (Å²) in [5.74, 6) is 1.05. The molecule has 1 spiro atoms. The molecule has 0 radical (unpaired) electrons. The molecule has 22 heavy (non-hydrogen) atoms. The molecule has 4 aliphatic carbocycles. The van der Waals surface area contributed by atoms with E-state index in [1.54, 1.807) is 0 Å². The summed E-state index contributed by atoms with van der Waals surface area (Å²) in [6, 6.07) is 0. The monoisotopic (exact) mass is 444 g/mol. The standard InChI is InChI=1S/C14H18FIO5S/c15-14(16,22(18,19)20)7-11(17)21-13-5-9-1-8-2-10(6-13)12(13,3-8)4-9/h8-10H,1-7H2,(H,18,19,20)/t8?,9?,10?,12?,13-,14?/m0/s1. The normalized spacial score (nSPS) is 47.7. The lowest BCUT2D eigenvalue weighted by molar-refractivity contribution is -0.215. The zero-order chi connectivity index (χ0) is 16.0. The van der Waals surface area contributed by atoms with Crippen LogP contribution in [-0.2, 0) is 19.6 Å². The number of carbonyl (C=O) groups is 1. The molecule has 0 aliphatic heterocycles. The van der Waals surface area contributed by atoms with Crippen molar-refractivity contribution in [3.05, 3.63) is 0 Å². The molecule has 4 saturated carbocycles. The number of fused-ring (bicyclic) bond motifs is 2. The van der Waals surface area contributed by atoms with Gasteiger partial charge >= 0.3 is 16.1 Å². The highest BCUT2D eigenvalue weighted by atomic mass is 127. The van der Waals surface area contributed by atoms with Crippen LogP contribution in [0.25, 0.3) is 0 Å². The molecule has 0 saturated heterocycles. The number of esters is 1. The summed E-state index contributed by atoms with van der Waals surface area (Å²) in [4.78, 5) is 12.1. The molecule has 5 unspecified atom stereocenters. The highest BCUT2D eigenvalue weighted by Gasteiger charge is 2.76. The number of rotatable bonds is 4. The smallest absolute Gasteiger partial charge is 0.311 e. The minimum absolute atomic E-state index is 0.0680. The second-order valence-corrected chi connectivity index (χ2v) is 11.7. The molecule has 5 nitrogen and oxygen atoms in total. The van der Waals surface area contributed by atoms with Crippen molar-refractivity contribution < 1.29 is 26.9 Å². The van der Waals surface area contributed by atoms with Crippen molar-refractivity contribution in [2.24, 2.45) is 23.2 Å². The Morgan fingerprint density at radius 1 is 1.27 bits per heavy atom. The summed E-state index contributed by atoms with van der Waals surface area (Å²) in [7, 11) is -4.95. The molecule has 0 aromatic heterocycles. The lowest BCUT2D eigenvalue weighted by Crippen LogP contribution is -2.60. The van der Waals surface area contributed by atoms with E-state index in [1.165, 1.54) is 12.8 Å². The Hall–Kier alpha value is 0.0400. The van der Waals surface area contributed by atoms with Gasteiger partial charge in [-0.3, -0.25) is 9.35 Å². The molecule has 4 rings (SSSR count). The van der Waals surface area contributed by atoms with Crippen LogP contribution in [-0.4, -0.2) is 27.5 Å². The van der Waals surface area contributed by atoms with Crippen LogP contribution < -0.4 is 0 Å². The first-order valence-corrected chi connectivity index (χ1v) is 10.2. The van der Waals surface area contributed by atoms with Gasteiger partial charge in [-0.15, -0.1) is 0 Å². The van der Waals surface area contributed by atoms with E-state index >= 15 is 0 Å². The fraction of sp³-hybridized carbons (Fsp3) is 0.929.